The second kappa shape index (κ2) is 7.18. The zero-order valence-electron chi connectivity index (χ0n) is 10.5. The van der Waals surface area contributed by atoms with Crippen LogP contribution in [0.15, 0.2) is 18.2 Å². The van der Waals surface area contributed by atoms with Crippen LogP contribution >= 0.6 is 11.6 Å². The average molecular weight is 274 g/mol. The van der Waals surface area contributed by atoms with E-state index in [4.69, 9.17) is 11.6 Å². The predicted molar refractivity (Wildman–Crippen MR) is 70.2 cm³/mol. The topological polar surface area (TPSA) is 44.4 Å². The summed E-state index contributed by atoms with van der Waals surface area (Å²) in [4.78, 5) is 12.6. The minimum absolute atomic E-state index is 0.144. The first-order valence-corrected chi connectivity index (χ1v) is 5.98. The number of nitrogens with zero attached hydrogens (tertiary/aromatic N) is 1. The molecule has 0 atom stereocenters. The van der Waals surface area contributed by atoms with E-state index < -0.39 is 0 Å². The summed E-state index contributed by atoms with van der Waals surface area (Å²) in [5.41, 5.74) is 0.554. The molecule has 4 nitrogen and oxygen atoms in total. The maximum atomic E-state index is 13.4. The highest BCUT2D eigenvalue weighted by Gasteiger charge is 2.03. The first-order valence-electron chi connectivity index (χ1n) is 5.60. The summed E-state index contributed by atoms with van der Waals surface area (Å²) < 4.78 is 13.4. The van der Waals surface area contributed by atoms with Crippen molar-refractivity contribution < 1.29 is 9.18 Å². The Morgan fingerprint density at radius 1 is 1.39 bits per heavy atom. The van der Waals surface area contributed by atoms with Crippen molar-refractivity contribution in [1.29, 1.82) is 0 Å². The summed E-state index contributed by atoms with van der Waals surface area (Å²) in [6.07, 6.45) is 0. The Morgan fingerprint density at radius 3 is 2.72 bits per heavy atom. The largest absolute Gasteiger partial charge is 0.337 e. The quantitative estimate of drug-likeness (QED) is 0.804. The van der Waals surface area contributed by atoms with Crippen LogP contribution in [-0.4, -0.2) is 38.1 Å². The van der Waals surface area contributed by atoms with Crippen molar-refractivity contribution in [3.63, 3.8) is 0 Å². The summed E-state index contributed by atoms with van der Waals surface area (Å²) in [7, 11) is 3.34. The Labute approximate surface area is 111 Å². The molecular formula is C12H17ClFN3O. The molecule has 6 heteroatoms. The van der Waals surface area contributed by atoms with Crippen molar-refractivity contribution >= 4 is 17.6 Å². The van der Waals surface area contributed by atoms with E-state index in [0.29, 0.717) is 30.2 Å². The summed E-state index contributed by atoms with van der Waals surface area (Å²) >= 11 is 5.65. The van der Waals surface area contributed by atoms with Crippen molar-refractivity contribution in [3.05, 3.63) is 34.6 Å². The van der Waals surface area contributed by atoms with Gasteiger partial charge in [0.15, 0.2) is 0 Å². The molecule has 0 unspecified atom stereocenters. The summed E-state index contributed by atoms with van der Waals surface area (Å²) in [5.74, 6) is -0.327. The number of amides is 2. The smallest absolute Gasteiger partial charge is 0.316 e. The number of urea groups is 1. The number of hydrogen-bond acceptors (Lipinski definition) is 2. The van der Waals surface area contributed by atoms with Crippen LogP contribution in [0, 0.1) is 5.82 Å². The van der Waals surface area contributed by atoms with Crippen LogP contribution in [0.25, 0.3) is 0 Å². The van der Waals surface area contributed by atoms with Gasteiger partial charge < -0.3 is 15.5 Å². The lowest BCUT2D eigenvalue weighted by Gasteiger charge is -2.12. The lowest BCUT2D eigenvalue weighted by atomic mass is 10.2. The molecule has 0 saturated heterocycles. The van der Waals surface area contributed by atoms with Gasteiger partial charge in [0.25, 0.3) is 0 Å². The van der Waals surface area contributed by atoms with Crippen LogP contribution in [0.5, 0.6) is 0 Å². The second-order valence-electron chi connectivity index (χ2n) is 4.04. The van der Waals surface area contributed by atoms with Gasteiger partial charge in [-0.25, -0.2) is 9.18 Å². The normalized spacial score (nSPS) is 10.2. The molecule has 0 fully saturated rings. The number of carbonyl (C=O) groups is 1. The Bertz CT molecular complexity index is 412. The molecule has 100 valence electrons. The van der Waals surface area contributed by atoms with Gasteiger partial charge in [-0.2, -0.15) is 0 Å². The first kappa shape index (κ1) is 14.7. The molecule has 0 saturated carbocycles. The molecule has 0 heterocycles. The molecular weight excluding hydrogens is 257 g/mol. The third kappa shape index (κ3) is 4.89. The third-order valence-corrected chi connectivity index (χ3v) is 2.55. The minimum atomic E-state index is -0.327. The second-order valence-corrected chi connectivity index (χ2v) is 4.48. The number of nitrogens with one attached hydrogen (secondary N) is 2. The van der Waals surface area contributed by atoms with Crippen molar-refractivity contribution in [3.8, 4) is 0 Å². The fraction of sp³-hybridized carbons (Fsp3) is 0.417. The van der Waals surface area contributed by atoms with Gasteiger partial charge in [-0.05, 0) is 12.1 Å². The van der Waals surface area contributed by atoms with E-state index in [0.717, 1.165) is 0 Å². The van der Waals surface area contributed by atoms with E-state index in [1.807, 2.05) is 0 Å². The van der Waals surface area contributed by atoms with Crippen LogP contribution in [0.3, 0.4) is 0 Å². The van der Waals surface area contributed by atoms with Crippen molar-refractivity contribution in [2.45, 2.75) is 6.54 Å². The Kier molecular flexibility index (Phi) is 5.88. The van der Waals surface area contributed by atoms with Crippen LogP contribution in [0.1, 0.15) is 5.56 Å². The van der Waals surface area contributed by atoms with E-state index in [-0.39, 0.29) is 11.8 Å². The Balaban J connectivity index is 2.24. The van der Waals surface area contributed by atoms with Crippen molar-refractivity contribution in [2.75, 3.05) is 27.2 Å². The lowest BCUT2D eigenvalue weighted by molar-refractivity contribution is 0.217. The highest BCUT2D eigenvalue weighted by Crippen LogP contribution is 2.14. The van der Waals surface area contributed by atoms with E-state index in [2.05, 4.69) is 10.6 Å². The van der Waals surface area contributed by atoms with Gasteiger partial charge in [-0.3, -0.25) is 0 Å². The van der Waals surface area contributed by atoms with E-state index in [1.54, 1.807) is 26.2 Å². The minimum Gasteiger partial charge on any atom is -0.337 e. The number of carbonyl (C=O) groups excluding carboxylic acids is 1. The fourth-order valence-corrected chi connectivity index (χ4v) is 1.46. The van der Waals surface area contributed by atoms with Gasteiger partial charge in [-0.15, -0.1) is 0 Å². The van der Waals surface area contributed by atoms with Gasteiger partial charge in [-0.1, -0.05) is 17.7 Å². The van der Waals surface area contributed by atoms with E-state index in [9.17, 15) is 9.18 Å². The fourth-order valence-electron chi connectivity index (χ4n) is 1.30. The lowest BCUT2D eigenvalue weighted by Crippen LogP contribution is -2.38. The van der Waals surface area contributed by atoms with Gasteiger partial charge in [0.2, 0.25) is 0 Å². The summed E-state index contributed by atoms with van der Waals surface area (Å²) in [6.45, 7) is 1.47. The Morgan fingerprint density at radius 2 is 2.11 bits per heavy atom. The highest BCUT2D eigenvalue weighted by atomic mass is 35.5. The monoisotopic (exact) mass is 273 g/mol. The highest BCUT2D eigenvalue weighted by molar-refractivity contribution is 6.30. The average Bonchev–Trinajstić information content (AvgIpc) is 2.30. The summed E-state index contributed by atoms with van der Waals surface area (Å²) in [5, 5.41) is 6.13. The molecule has 1 rings (SSSR count). The van der Waals surface area contributed by atoms with Crippen molar-refractivity contribution in [2.24, 2.45) is 0 Å². The number of halogens is 2. The molecule has 1 aromatic carbocycles. The van der Waals surface area contributed by atoms with Gasteiger partial charge in [0, 0.05) is 44.3 Å². The molecule has 0 aliphatic carbocycles. The molecule has 0 aromatic heterocycles. The predicted octanol–water partition coefficient (Wildman–Crippen LogP) is 1.84. The standard InChI is InChI=1S/C12H17ClFN3O/c1-17(2)12(18)16-6-5-15-8-9-3-4-10(13)7-11(9)14/h3-4,7,15H,5-6,8H2,1-2H3,(H,16,18). The zero-order chi connectivity index (χ0) is 13.5. The van der Waals surface area contributed by atoms with Crippen LogP contribution < -0.4 is 10.6 Å². The molecule has 2 amide bonds. The third-order valence-electron chi connectivity index (χ3n) is 2.31. The molecule has 2 N–H and O–H groups in total. The SMILES string of the molecule is CN(C)C(=O)NCCNCc1ccc(Cl)cc1F. The van der Waals surface area contributed by atoms with E-state index in [1.165, 1.54) is 11.0 Å². The number of rotatable bonds is 5. The van der Waals surface area contributed by atoms with E-state index >= 15 is 0 Å². The maximum Gasteiger partial charge on any atom is 0.316 e. The molecule has 1 aromatic rings. The molecule has 0 spiro atoms. The summed E-state index contributed by atoms with van der Waals surface area (Å²) in [6, 6.07) is 4.43. The number of benzene rings is 1. The van der Waals surface area contributed by atoms with Crippen LogP contribution in [-0.2, 0) is 6.54 Å². The van der Waals surface area contributed by atoms with Gasteiger partial charge in [0.1, 0.15) is 5.82 Å². The molecule has 0 aliphatic rings. The zero-order valence-corrected chi connectivity index (χ0v) is 11.2. The molecule has 18 heavy (non-hydrogen) atoms. The number of hydrogen-bond donors (Lipinski definition) is 2. The van der Waals surface area contributed by atoms with Crippen LogP contribution in [0.4, 0.5) is 9.18 Å². The first-order chi connectivity index (χ1) is 8.50. The molecule has 0 radical (unpaired) electrons. The van der Waals surface area contributed by atoms with Crippen LogP contribution in [0.2, 0.25) is 5.02 Å². The van der Waals surface area contributed by atoms with Gasteiger partial charge in [0.05, 0.1) is 0 Å². The molecule has 0 bridgehead atoms. The van der Waals surface area contributed by atoms with Gasteiger partial charge >= 0.3 is 6.03 Å². The van der Waals surface area contributed by atoms with Crippen molar-refractivity contribution in [1.82, 2.24) is 15.5 Å². The maximum absolute atomic E-state index is 13.4. The molecule has 0 aliphatic heterocycles. The Hall–Kier alpha value is -1.33.